The molecule has 0 aliphatic carbocycles. The summed E-state index contributed by atoms with van der Waals surface area (Å²) in [5, 5.41) is 2.08. The Morgan fingerprint density at radius 3 is 2.85 bits per heavy atom. The van der Waals surface area contributed by atoms with E-state index < -0.39 is 0 Å². The molecule has 1 heterocycles. The summed E-state index contributed by atoms with van der Waals surface area (Å²) >= 11 is 3.38. The maximum atomic E-state index is 12.2. The number of hydrogen-bond donors (Lipinski definition) is 1. The van der Waals surface area contributed by atoms with Crippen LogP contribution in [0.15, 0.2) is 27.5 Å². The van der Waals surface area contributed by atoms with Crippen LogP contribution in [0.2, 0.25) is 0 Å². The van der Waals surface area contributed by atoms with Crippen LogP contribution in [0, 0.1) is 0 Å². The Hall–Kier alpha value is -1.89. The highest BCUT2D eigenvalue weighted by molar-refractivity contribution is 9.10. The topological polar surface area (TPSA) is 73.1 Å². The lowest BCUT2D eigenvalue weighted by molar-refractivity contribution is -0.125. The van der Waals surface area contributed by atoms with E-state index in [-0.39, 0.29) is 18.0 Å². The van der Waals surface area contributed by atoms with Gasteiger partial charge in [0.1, 0.15) is 0 Å². The number of carbonyl (C=O) groups is 2. The quantitative estimate of drug-likeness (QED) is 0.830. The molecule has 7 heteroatoms. The van der Waals surface area contributed by atoms with Gasteiger partial charge in [0.15, 0.2) is 0 Å². The minimum atomic E-state index is -0.337. The molecule has 1 N–H and O–H groups in total. The van der Waals surface area contributed by atoms with Crippen molar-refractivity contribution < 1.29 is 9.59 Å². The smallest absolute Gasteiger partial charge is 0.299 e. The van der Waals surface area contributed by atoms with E-state index >= 15 is 0 Å². The van der Waals surface area contributed by atoms with Crippen LogP contribution in [0.4, 0.5) is 0 Å². The first kappa shape index (κ1) is 14.5. The van der Waals surface area contributed by atoms with Crippen molar-refractivity contribution in [2.24, 2.45) is 7.05 Å². The fraction of sp³-hybridized carbons (Fsp3) is 0.308. The molecule has 0 bridgehead atoms. The summed E-state index contributed by atoms with van der Waals surface area (Å²) < 4.78 is 4.12. The number of nitrogens with zero attached hydrogens (tertiary/aromatic N) is 2. The SMILES string of the molecule is Cn1c(=O)n(CCCC(=O)NC=O)c2ccc(Br)cc21. The number of fused-ring (bicyclic) bond motifs is 1. The largest absolute Gasteiger partial charge is 0.328 e. The van der Waals surface area contributed by atoms with Crippen molar-refractivity contribution >= 4 is 39.3 Å². The van der Waals surface area contributed by atoms with Gasteiger partial charge in [0.2, 0.25) is 12.3 Å². The zero-order valence-corrected chi connectivity index (χ0v) is 12.5. The number of imidazole rings is 1. The van der Waals surface area contributed by atoms with Crippen LogP contribution in [-0.2, 0) is 23.2 Å². The van der Waals surface area contributed by atoms with Crippen LogP contribution in [-0.4, -0.2) is 21.5 Å². The number of amides is 2. The second kappa shape index (κ2) is 6.04. The molecular weight excluding hydrogens is 326 g/mol. The zero-order valence-electron chi connectivity index (χ0n) is 10.9. The maximum absolute atomic E-state index is 12.2. The van der Waals surface area contributed by atoms with Gasteiger partial charge in [0, 0.05) is 24.5 Å². The number of rotatable bonds is 5. The molecule has 2 aromatic rings. The first-order valence-corrected chi connectivity index (χ1v) is 6.91. The molecule has 0 unspecified atom stereocenters. The molecule has 0 atom stereocenters. The maximum Gasteiger partial charge on any atom is 0.328 e. The molecule has 0 aliphatic rings. The summed E-state index contributed by atoms with van der Waals surface area (Å²) in [7, 11) is 1.71. The Balaban J connectivity index is 2.22. The van der Waals surface area contributed by atoms with Crippen LogP contribution in [0.1, 0.15) is 12.8 Å². The van der Waals surface area contributed by atoms with E-state index in [9.17, 15) is 14.4 Å². The molecule has 1 aromatic carbocycles. The molecular formula is C13H14BrN3O3. The van der Waals surface area contributed by atoms with Crippen molar-refractivity contribution in [3.8, 4) is 0 Å². The summed E-state index contributed by atoms with van der Waals surface area (Å²) in [6.07, 6.45) is 1.07. The molecule has 20 heavy (non-hydrogen) atoms. The third-order valence-corrected chi connectivity index (χ3v) is 3.61. The highest BCUT2D eigenvalue weighted by Crippen LogP contribution is 2.18. The second-order valence-corrected chi connectivity index (χ2v) is 5.33. The summed E-state index contributed by atoms with van der Waals surface area (Å²) in [5.74, 6) is -0.337. The highest BCUT2D eigenvalue weighted by Gasteiger charge is 2.11. The highest BCUT2D eigenvalue weighted by atomic mass is 79.9. The predicted molar refractivity (Wildman–Crippen MR) is 78.3 cm³/mol. The molecule has 2 rings (SSSR count). The van der Waals surface area contributed by atoms with Gasteiger partial charge in [-0.25, -0.2) is 4.79 Å². The third-order valence-electron chi connectivity index (χ3n) is 3.11. The van der Waals surface area contributed by atoms with Crippen LogP contribution < -0.4 is 11.0 Å². The van der Waals surface area contributed by atoms with Gasteiger partial charge in [-0.2, -0.15) is 0 Å². The van der Waals surface area contributed by atoms with Gasteiger partial charge in [0.05, 0.1) is 11.0 Å². The number of halogens is 1. The Kier molecular flexibility index (Phi) is 4.39. The summed E-state index contributed by atoms with van der Waals surface area (Å²) in [6, 6.07) is 5.62. The fourth-order valence-corrected chi connectivity index (χ4v) is 2.48. The van der Waals surface area contributed by atoms with E-state index in [0.717, 1.165) is 15.5 Å². The van der Waals surface area contributed by atoms with E-state index in [2.05, 4.69) is 21.2 Å². The monoisotopic (exact) mass is 339 g/mol. The van der Waals surface area contributed by atoms with E-state index in [1.165, 1.54) is 0 Å². The average Bonchev–Trinajstić information content (AvgIpc) is 2.64. The number of aromatic nitrogens is 2. The van der Waals surface area contributed by atoms with Crippen molar-refractivity contribution in [3.63, 3.8) is 0 Å². The Morgan fingerprint density at radius 2 is 2.15 bits per heavy atom. The van der Waals surface area contributed by atoms with E-state index in [1.54, 1.807) is 16.2 Å². The third kappa shape index (κ3) is 2.82. The van der Waals surface area contributed by atoms with E-state index in [4.69, 9.17) is 0 Å². The molecule has 0 radical (unpaired) electrons. The van der Waals surface area contributed by atoms with Crippen LogP contribution in [0.25, 0.3) is 11.0 Å². The van der Waals surface area contributed by atoms with Gasteiger partial charge < -0.3 is 0 Å². The number of benzene rings is 1. The second-order valence-electron chi connectivity index (χ2n) is 4.42. The van der Waals surface area contributed by atoms with Crippen molar-refractivity contribution in [2.45, 2.75) is 19.4 Å². The van der Waals surface area contributed by atoms with Gasteiger partial charge in [-0.3, -0.25) is 24.0 Å². The summed E-state index contributed by atoms with van der Waals surface area (Å²) in [6.45, 7) is 0.435. The molecule has 0 saturated heterocycles. The summed E-state index contributed by atoms with van der Waals surface area (Å²) in [5.41, 5.74) is 1.55. The van der Waals surface area contributed by atoms with Gasteiger partial charge in [-0.1, -0.05) is 15.9 Å². The lowest BCUT2D eigenvalue weighted by Crippen LogP contribution is -2.24. The van der Waals surface area contributed by atoms with E-state index in [1.807, 2.05) is 18.2 Å². The Morgan fingerprint density at radius 1 is 1.40 bits per heavy atom. The number of hydrogen-bond acceptors (Lipinski definition) is 3. The van der Waals surface area contributed by atoms with Crippen molar-refractivity contribution in [1.29, 1.82) is 0 Å². The Labute approximate surface area is 123 Å². The molecule has 0 saturated carbocycles. The predicted octanol–water partition coefficient (Wildman–Crippen LogP) is 1.16. The zero-order chi connectivity index (χ0) is 14.7. The molecule has 1 aromatic heterocycles. The van der Waals surface area contributed by atoms with Gasteiger partial charge in [-0.05, 0) is 24.6 Å². The lowest BCUT2D eigenvalue weighted by atomic mass is 10.2. The lowest BCUT2D eigenvalue weighted by Gasteiger charge is -2.02. The van der Waals surface area contributed by atoms with Gasteiger partial charge in [0.25, 0.3) is 0 Å². The molecule has 106 valence electrons. The fourth-order valence-electron chi connectivity index (χ4n) is 2.13. The summed E-state index contributed by atoms with van der Waals surface area (Å²) in [4.78, 5) is 33.5. The standard InChI is InChI=1S/C13H14BrN3O3/c1-16-11-7-9(14)4-5-10(11)17(13(16)20)6-2-3-12(19)15-8-18/h4-5,7-8H,2-3,6H2,1H3,(H,15,18,19). The first-order chi connectivity index (χ1) is 9.54. The molecule has 0 aliphatic heterocycles. The van der Waals surface area contributed by atoms with Crippen molar-refractivity contribution in [1.82, 2.24) is 14.5 Å². The van der Waals surface area contributed by atoms with E-state index in [0.29, 0.717) is 19.4 Å². The normalized spacial score (nSPS) is 10.7. The number of imide groups is 1. The van der Waals surface area contributed by atoms with Crippen molar-refractivity contribution in [3.05, 3.63) is 33.2 Å². The van der Waals surface area contributed by atoms with Crippen molar-refractivity contribution in [2.75, 3.05) is 0 Å². The molecule has 0 spiro atoms. The van der Waals surface area contributed by atoms with Gasteiger partial charge in [-0.15, -0.1) is 0 Å². The first-order valence-electron chi connectivity index (χ1n) is 6.12. The number of aryl methyl sites for hydroxylation is 2. The van der Waals surface area contributed by atoms with Crippen LogP contribution >= 0.6 is 15.9 Å². The Bertz CT molecular complexity index is 717. The number of nitrogens with one attached hydrogen (secondary N) is 1. The minimum Gasteiger partial charge on any atom is -0.299 e. The van der Waals surface area contributed by atoms with Crippen LogP contribution in [0.5, 0.6) is 0 Å². The molecule has 6 nitrogen and oxygen atoms in total. The molecule has 0 fully saturated rings. The molecule has 2 amide bonds. The average molecular weight is 340 g/mol. The minimum absolute atomic E-state index is 0.117. The van der Waals surface area contributed by atoms with Crippen LogP contribution in [0.3, 0.4) is 0 Å². The van der Waals surface area contributed by atoms with Gasteiger partial charge >= 0.3 is 5.69 Å². The number of carbonyl (C=O) groups excluding carboxylic acids is 2.